The first-order valence-corrected chi connectivity index (χ1v) is 5.51. The van der Waals surface area contributed by atoms with E-state index in [0.29, 0.717) is 21.9 Å². The van der Waals surface area contributed by atoms with Gasteiger partial charge in [0.15, 0.2) is 0 Å². The van der Waals surface area contributed by atoms with Gasteiger partial charge in [0.25, 0.3) is 11.8 Å². The summed E-state index contributed by atoms with van der Waals surface area (Å²) in [5.41, 5.74) is 1.42. The van der Waals surface area contributed by atoms with Crippen LogP contribution in [-0.2, 0) is 0 Å². The maximum Gasteiger partial charge on any atom is 0.274 e. The zero-order valence-corrected chi connectivity index (χ0v) is 8.85. The van der Waals surface area contributed by atoms with E-state index in [2.05, 4.69) is 15.6 Å². The van der Waals surface area contributed by atoms with Gasteiger partial charge in [-0.05, 0) is 17.5 Å². The average molecular weight is 233 g/mol. The van der Waals surface area contributed by atoms with Crippen LogP contribution < -0.4 is 10.6 Å². The maximum absolute atomic E-state index is 11.8. The van der Waals surface area contributed by atoms with Gasteiger partial charge in [0.05, 0.1) is 11.4 Å². The van der Waals surface area contributed by atoms with Gasteiger partial charge in [0.2, 0.25) is 0 Å². The summed E-state index contributed by atoms with van der Waals surface area (Å²) in [5.74, 6) is -0.453. The van der Waals surface area contributed by atoms with Crippen LogP contribution in [0.1, 0.15) is 20.2 Å². The van der Waals surface area contributed by atoms with Crippen LogP contribution in [0.15, 0.2) is 23.7 Å². The zero-order chi connectivity index (χ0) is 11.1. The van der Waals surface area contributed by atoms with Crippen LogP contribution in [-0.4, -0.2) is 16.8 Å². The molecular weight excluding hydrogens is 226 g/mol. The Morgan fingerprint density at radius 2 is 1.81 bits per heavy atom. The summed E-state index contributed by atoms with van der Waals surface area (Å²) in [6.45, 7) is 0. The molecule has 5 nitrogen and oxygen atoms in total. The highest BCUT2D eigenvalue weighted by Gasteiger charge is 2.23. The number of carbonyl (C=O) groups is 2. The van der Waals surface area contributed by atoms with Crippen LogP contribution >= 0.6 is 11.3 Å². The Kier molecular flexibility index (Phi) is 1.84. The van der Waals surface area contributed by atoms with Gasteiger partial charge in [-0.3, -0.25) is 9.59 Å². The van der Waals surface area contributed by atoms with Crippen LogP contribution in [0.3, 0.4) is 0 Å². The largest absolute Gasteiger partial charge is 0.355 e. The fraction of sp³-hybridized carbons (Fsp3) is 0. The molecule has 3 heterocycles. The molecule has 6 heteroatoms. The summed E-state index contributed by atoms with van der Waals surface area (Å²) in [5, 5.41) is 7.16. The van der Waals surface area contributed by atoms with E-state index < -0.39 is 0 Å². The molecule has 2 aromatic heterocycles. The highest BCUT2D eigenvalue weighted by atomic mass is 32.1. The molecule has 0 saturated heterocycles. The fourth-order valence-corrected chi connectivity index (χ4v) is 2.35. The molecule has 2 amide bonds. The Morgan fingerprint density at radius 3 is 2.69 bits per heavy atom. The monoisotopic (exact) mass is 233 g/mol. The number of carbonyl (C=O) groups excluding carboxylic acids is 2. The lowest BCUT2D eigenvalue weighted by Crippen LogP contribution is -2.22. The number of anilines is 2. The van der Waals surface area contributed by atoms with E-state index in [-0.39, 0.29) is 11.8 Å². The Labute approximate surface area is 94.5 Å². The zero-order valence-electron chi connectivity index (χ0n) is 8.03. The third-order valence-corrected chi connectivity index (χ3v) is 3.26. The molecule has 3 N–H and O–H groups in total. The number of thiophene rings is 1. The van der Waals surface area contributed by atoms with Gasteiger partial charge in [-0.1, -0.05) is 0 Å². The van der Waals surface area contributed by atoms with Crippen molar-refractivity contribution in [3.8, 4) is 0 Å². The molecule has 0 bridgehead atoms. The summed E-state index contributed by atoms with van der Waals surface area (Å²) in [4.78, 5) is 26.9. The number of nitrogens with one attached hydrogen (secondary N) is 3. The molecule has 0 aromatic carbocycles. The Hall–Kier alpha value is -2.08. The number of aromatic amines is 1. The van der Waals surface area contributed by atoms with Gasteiger partial charge >= 0.3 is 0 Å². The predicted molar refractivity (Wildman–Crippen MR) is 61.0 cm³/mol. The molecule has 0 fully saturated rings. The molecule has 2 aromatic rings. The molecule has 0 unspecified atom stereocenters. The van der Waals surface area contributed by atoms with E-state index >= 15 is 0 Å². The van der Waals surface area contributed by atoms with Crippen molar-refractivity contribution >= 4 is 34.5 Å². The average Bonchev–Trinajstić information content (AvgIpc) is 2.84. The number of rotatable bonds is 0. The topological polar surface area (TPSA) is 74.0 Å². The van der Waals surface area contributed by atoms with Crippen molar-refractivity contribution in [1.29, 1.82) is 0 Å². The van der Waals surface area contributed by atoms with Crippen molar-refractivity contribution < 1.29 is 9.59 Å². The van der Waals surface area contributed by atoms with Crippen molar-refractivity contribution in [3.05, 3.63) is 34.3 Å². The summed E-state index contributed by atoms with van der Waals surface area (Å²) in [7, 11) is 0. The molecule has 0 saturated carbocycles. The lowest BCUT2D eigenvalue weighted by molar-refractivity contribution is 0.101. The van der Waals surface area contributed by atoms with Gasteiger partial charge < -0.3 is 15.6 Å². The van der Waals surface area contributed by atoms with Gasteiger partial charge in [-0.2, -0.15) is 0 Å². The Balaban J connectivity index is 2.14. The molecule has 1 aliphatic heterocycles. The van der Waals surface area contributed by atoms with Crippen molar-refractivity contribution in [2.75, 3.05) is 10.6 Å². The lowest BCUT2D eigenvalue weighted by atomic mass is 10.2. The second-order valence-electron chi connectivity index (χ2n) is 3.34. The third-order valence-electron chi connectivity index (χ3n) is 2.34. The lowest BCUT2D eigenvalue weighted by Gasteiger charge is -2.11. The number of amides is 2. The van der Waals surface area contributed by atoms with Crippen molar-refractivity contribution in [2.24, 2.45) is 0 Å². The summed E-state index contributed by atoms with van der Waals surface area (Å²) in [6, 6.07) is 3.37. The first kappa shape index (κ1) is 9.17. The van der Waals surface area contributed by atoms with Crippen LogP contribution in [0.5, 0.6) is 0 Å². The van der Waals surface area contributed by atoms with Gasteiger partial charge in [0, 0.05) is 6.20 Å². The Bertz CT molecular complexity index is 532. The molecule has 80 valence electrons. The Morgan fingerprint density at radius 1 is 1.00 bits per heavy atom. The van der Waals surface area contributed by atoms with Crippen LogP contribution in [0.2, 0.25) is 0 Å². The van der Waals surface area contributed by atoms with Crippen LogP contribution in [0, 0.1) is 0 Å². The highest BCUT2D eigenvalue weighted by Crippen LogP contribution is 2.27. The van der Waals surface area contributed by atoms with Gasteiger partial charge in [-0.25, -0.2) is 0 Å². The third kappa shape index (κ3) is 1.24. The second kappa shape index (κ2) is 3.21. The molecular formula is C10H7N3O2S. The van der Waals surface area contributed by atoms with E-state index in [1.165, 1.54) is 11.3 Å². The molecule has 0 radical (unpaired) electrons. The molecule has 0 aliphatic carbocycles. The summed E-state index contributed by atoms with van der Waals surface area (Å²) in [6.07, 6.45) is 1.62. The molecule has 16 heavy (non-hydrogen) atoms. The van der Waals surface area contributed by atoms with Crippen molar-refractivity contribution in [2.45, 2.75) is 0 Å². The number of fused-ring (bicyclic) bond motifs is 2. The summed E-state index contributed by atoms with van der Waals surface area (Å²) < 4.78 is 0. The van der Waals surface area contributed by atoms with Crippen LogP contribution in [0.4, 0.5) is 11.4 Å². The van der Waals surface area contributed by atoms with E-state index in [1.807, 2.05) is 0 Å². The number of hydrogen-bond donors (Lipinski definition) is 3. The normalized spacial score (nSPS) is 14.2. The SMILES string of the molecule is O=C1Nc2ccsc2C(=O)Nc2cc[nH]c21. The fourth-order valence-electron chi connectivity index (χ4n) is 1.61. The van der Waals surface area contributed by atoms with E-state index in [0.717, 1.165) is 0 Å². The predicted octanol–water partition coefficient (Wildman–Crippen LogP) is 1.89. The van der Waals surface area contributed by atoms with Gasteiger partial charge in [0.1, 0.15) is 10.6 Å². The number of aromatic nitrogens is 1. The van der Waals surface area contributed by atoms with E-state index in [4.69, 9.17) is 0 Å². The molecule has 0 atom stereocenters. The minimum atomic E-state index is -0.250. The van der Waals surface area contributed by atoms with E-state index in [1.54, 1.807) is 23.7 Å². The minimum absolute atomic E-state index is 0.203. The minimum Gasteiger partial charge on any atom is -0.355 e. The quantitative estimate of drug-likeness (QED) is 0.650. The molecule has 0 spiro atoms. The van der Waals surface area contributed by atoms with E-state index in [9.17, 15) is 9.59 Å². The second-order valence-corrected chi connectivity index (χ2v) is 4.25. The number of hydrogen-bond acceptors (Lipinski definition) is 3. The first-order chi connectivity index (χ1) is 7.75. The highest BCUT2D eigenvalue weighted by molar-refractivity contribution is 7.12. The standard InChI is InChI=1S/C10H7N3O2S/c14-9-7-5(1-3-11-7)12-10(15)8-6(13-9)2-4-16-8/h1-4,11H,(H,12,15)(H,13,14). The first-order valence-electron chi connectivity index (χ1n) is 4.63. The maximum atomic E-state index is 11.8. The summed E-state index contributed by atoms with van der Waals surface area (Å²) >= 11 is 1.30. The van der Waals surface area contributed by atoms with Crippen molar-refractivity contribution in [3.63, 3.8) is 0 Å². The van der Waals surface area contributed by atoms with Crippen LogP contribution in [0.25, 0.3) is 0 Å². The number of H-pyrrole nitrogens is 1. The smallest absolute Gasteiger partial charge is 0.274 e. The molecule has 1 aliphatic rings. The molecule has 3 rings (SSSR count). The van der Waals surface area contributed by atoms with Gasteiger partial charge in [-0.15, -0.1) is 11.3 Å². The van der Waals surface area contributed by atoms with Crippen molar-refractivity contribution in [1.82, 2.24) is 4.98 Å².